The molecule has 1 unspecified atom stereocenters. The van der Waals surface area contributed by atoms with Crippen LogP contribution in [0.3, 0.4) is 0 Å². The van der Waals surface area contributed by atoms with Crippen molar-refractivity contribution in [3.8, 4) is 0 Å². The lowest BCUT2D eigenvalue weighted by Crippen LogP contribution is -2.45. The fourth-order valence-corrected chi connectivity index (χ4v) is 1.93. The molecule has 1 amide bonds. The number of hydrogen-bond donors (Lipinski definition) is 2. The van der Waals surface area contributed by atoms with Gasteiger partial charge in [0.25, 0.3) is 5.91 Å². The Morgan fingerprint density at radius 3 is 2.76 bits per heavy atom. The average Bonchev–Trinajstić information content (AvgIpc) is 3.10. The number of pyridine rings is 1. The lowest BCUT2D eigenvalue weighted by Gasteiger charge is -2.16. The topological polar surface area (TPSA) is 68.0 Å². The molecule has 90 valence electrons. The van der Waals surface area contributed by atoms with Crippen molar-refractivity contribution in [2.75, 3.05) is 0 Å². The average molecular weight is 249 g/mol. The quantitative estimate of drug-likeness (QED) is 0.786. The maximum atomic E-state index is 11.9. The van der Waals surface area contributed by atoms with Gasteiger partial charge in [0, 0.05) is 11.9 Å². The number of carbonyl (C=O) groups excluding carboxylic acids is 1. The number of amides is 1. The molecule has 0 radical (unpaired) electrons. The third-order valence-corrected chi connectivity index (χ3v) is 3.11. The van der Waals surface area contributed by atoms with E-state index in [1.54, 1.807) is 12.3 Å². The lowest BCUT2D eigenvalue weighted by molar-refractivity contribution is 0.0943. The van der Waals surface area contributed by atoms with E-state index in [9.17, 15) is 4.79 Å². The molecular formula is C12H15N3OS. The molecule has 17 heavy (non-hydrogen) atoms. The van der Waals surface area contributed by atoms with Gasteiger partial charge in [-0.1, -0.05) is 12.2 Å². The van der Waals surface area contributed by atoms with E-state index in [1.807, 2.05) is 13.0 Å². The maximum absolute atomic E-state index is 11.9. The largest absolute Gasteiger partial charge is 0.392 e. The van der Waals surface area contributed by atoms with Crippen molar-refractivity contribution >= 4 is 23.1 Å². The predicted molar refractivity (Wildman–Crippen MR) is 69.7 cm³/mol. The molecular weight excluding hydrogens is 234 g/mol. The van der Waals surface area contributed by atoms with E-state index in [1.165, 1.54) is 0 Å². The summed E-state index contributed by atoms with van der Waals surface area (Å²) in [6, 6.07) is 3.38. The maximum Gasteiger partial charge on any atom is 0.253 e. The SMILES string of the molecule is Cc1ccc(C(=O)NC(C(N)=S)C2CC2)cn1. The van der Waals surface area contributed by atoms with E-state index in [0.29, 0.717) is 16.5 Å². The number of nitrogens with two attached hydrogens (primary N) is 1. The van der Waals surface area contributed by atoms with E-state index in [2.05, 4.69) is 10.3 Å². The fourth-order valence-electron chi connectivity index (χ4n) is 1.68. The number of nitrogens with one attached hydrogen (secondary N) is 1. The molecule has 0 saturated heterocycles. The monoisotopic (exact) mass is 249 g/mol. The standard InChI is InChI=1S/C12H15N3OS/c1-7-2-3-9(6-14-7)12(16)15-10(11(13)17)8-4-5-8/h2-3,6,8,10H,4-5H2,1H3,(H2,13,17)(H,15,16). The molecule has 4 nitrogen and oxygen atoms in total. The zero-order valence-electron chi connectivity index (χ0n) is 9.64. The molecule has 0 aliphatic heterocycles. The van der Waals surface area contributed by atoms with Crippen LogP contribution in [0.4, 0.5) is 0 Å². The summed E-state index contributed by atoms with van der Waals surface area (Å²) < 4.78 is 0. The summed E-state index contributed by atoms with van der Waals surface area (Å²) in [5.74, 6) is 0.247. The Balaban J connectivity index is 2.04. The summed E-state index contributed by atoms with van der Waals surface area (Å²) in [6.07, 6.45) is 3.72. The van der Waals surface area contributed by atoms with Crippen LogP contribution in [-0.2, 0) is 0 Å². The number of rotatable bonds is 4. The van der Waals surface area contributed by atoms with Gasteiger partial charge in [0.15, 0.2) is 0 Å². The zero-order chi connectivity index (χ0) is 12.4. The predicted octanol–water partition coefficient (Wildman–Crippen LogP) is 1.18. The Bertz CT molecular complexity index is 440. The summed E-state index contributed by atoms with van der Waals surface area (Å²) in [4.78, 5) is 16.4. The first-order valence-corrected chi connectivity index (χ1v) is 6.01. The first-order chi connectivity index (χ1) is 8.08. The summed E-state index contributed by atoms with van der Waals surface area (Å²) in [6.45, 7) is 1.88. The second-order valence-corrected chi connectivity index (χ2v) is 4.85. The van der Waals surface area contributed by atoms with E-state index < -0.39 is 0 Å². The number of aromatic nitrogens is 1. The second kappa shape index (κ2) is 4.79. The van der Waals surface area contributed by atoms with Crippen LogP contribution in [0, 0.1) is 12.8 Å². The van der Waals surface area contributed by atoms with Crippen molar-refractivity contribution in [1.82, 2.24) is 10.3 Å². The van der Waals surface area contributed by atoms with Crippen molar-refractivity contribution in [2.24, 2.45) is 11.7 Å². The van der Waals surface area contributed by atoms with Crippen LogP contribution in [0.25, 0.3) is 0 Å². The third kappa shape index (κ3) is 3.00. The summed E-state index contributed by atoms with van der Waals surface area (Å²) in [5, 5.41) is 2.87. The van der Waals surface area contributed by atoms with Gasteiger partial charge in [0.05, 0.1) is 16.6 Å². The van der Waals surface area contributed by atoms with Gasteiger partial charge < -0.3 is 11.1 Å². The molecule has 3 N–H and O–H groups in total. The molecule has 1 heterocycles. The molecule has 1 saturated carbocycles. The molecule has 1 atom stereocenters. The number of nitrogens with zero attached hydrogens (tertiary/aromatic N) is 1. The van der Waals surface area contributed by atoms with Crippen LogP contribution < -0.4 is 11.1 Å². The van der Waals surface area contributed by atoms with Gasteiger partial charge in [-0.05, 0) is 37.8 Å². The molecule has 5 heteroatoms. The summed E-state index contributed by atoms with van der Waals surface area (Å²) in [5.41, 5.74) is 7.05. The molecule has 0 aromatic carbocycles. The van der Waals surface area contributed by atoms with Gasteiger partial charge in [-0.3, -0.25) is 9.78 Å². The molecule has 2 rings (SSSR count). The zero-order valence-corrected chi connectivity index (χ0v) is 10.5. The first-order valence-electron chi connectivity index (χ1n) is 5.61. The van der Waals surface area contributed by atoms with Gasteiger partial charge in [0.2, 0.25) is 0 Å². The van der Waals surface area contributed by atoms with Crippen LogP contribution in [0.2, 0.25) is 0 Å². The van der Waals surface area contributed by atoms with Crippen LogP contribution in [0.5, 0.6) is 0 Å². The highest BCUT2D eigenvalue weighted by Crippen LogP contribution is 2.32. The highest BCUT2D eigenvalue weighted by Gasteiger charge is 2.34. The Morgan fingerprint density at radius 2 is 2.29 bits per heavy atom. The minimum absolute atomic E-state index is 0.165. The normalized spacial score (nSPS) is 16.3. The van der Waals surface area contributed by atoms with Crippen molar-refractivity contribution in [1.29, 1.82) is 0 Å². The Hall–Kier alpha value is -1.49. The first kappa shape index (κ1) is 12.0. The summed E-state index contributed by atoms with van der Waals surface area (Å²) in [7, 11) is 0. The second-order valence-electron chi connectivity index (χ2n) is 4.38. The van der Waals surface area contributed by atoms with Crippen molar-refractivity contribution in [3.63, 3.8) is 0 Å². The van der Waals surface area contributed by atoms with Gasteiger partial charge >= 0.3 is 0 Å². The fraction of sp³-hybridized carbons (Fsp3) is 0.417. The minimum Gasteiger partial charge on any atom is -0.392 e. The molecule has 1 aliphatic rings. The lowest BCUT2D eigenvalue weighted by atomic mass is 10.1. The van der Waals surface area contributed by atoms with E-state index in [4.69, 9.17) is 18.0 Å². The van der Waals surface area contributed by atoms with Crippen LogP contribution in [0.1, 0.15) is 28.9 Å². The van der Waals surface area contributed by atoms with Crippen LogP contribution in [-0.4, -0.2) is 21.9 Å². The van der Waals surface area contributed by atoms with Crippen LogP contribution >= 0.6 is 12.2 Å². The molecule has 0 spiro atoms. The van der Waals surface area contributed by atoms with Crippen LogP contribution in [0.15, 0.2) is 18.3 Å². The van der Waals surface area contributed by atoms with E-state index in [0.717, 1.165) is 18.5 Å². The highest BCUT2D eigenvalue weighted by molar-refractivity contribution is 7.80. The number of carbonyl (C=O) groups is 1. The molecule has 1 fully saturated rings. The Morgan fingerprint density at radius 1 is 1.59 bits per heavy atom. The molecule has 1 aromatic heterocycles. The Kier molecular flexibility index (Phi) is 3.38. The van der Waals surface area contributed by atoms with Gasteiger partial charge in [-0.2, -0.15) is 0 Å². The van der Waals surface area contributed by atoms with E-state index in [-0.39, 0.29) is 11.9 Å². The molecule has 0 bridgehead atoms. The van der Waals surface area contributed by atoms with Crippen molar-refractivity contribution < 1.29 is 4.79 Å². The highest BCUT2D eigenvalue weighted by atomic mass is 32.1. The van der Waals surface area contributed by atoms with Gasteiger partial charge in [-0.15, -0.1) is 0 Å². The number of thiocarbonyl (C=S) groups is 1. The molecule has 1 aromatic rings. The van der Waals surface area contributed by atoms with Gasteiger partial charge in [0.1, 0.15) is 0 Å². The van der Waals surface area contributed by atoms with Gasteiger partial charge in [-0.25, -0.2) is 0 Å². The summed E-state index contributed by atoms with van der Waals surface area (Å²) >= 11 is 4.97. The Labute approximate surface area is 106 Å². The van der Waals surface area contributed by atoms with Crippen molar-refractivity contribution in [3.05, 3.63) is 29.6 Å². The third-order valence-electron chi connectivity index (χ3n) is 2.86. The number of hydrogen-bond acceptors (Lipinski definition) is 3. The smallest absolute Gasteiger partial charge is 0.253 e. The minimum atomic E-state index is -0.182. The molecule has 1 aliphatic carbocycles. The van der Waals surface area contributed by atoms with Crippen molar-refractivity contribution in [2.45, 2.75) is 25.8 Å². The number of aryl methyl sites for hydroxylation is 1. The van der Waals surface area contributed by atoms with E-state index >= 15 is 0 Å².